The van der Waals surface area contributed by atoms with Crippen LogP contribution >= 0.6 is 0 Å². The molecule has 0 spiro atoms. The first-order chi connectivity index (χ1) is 18.7. The first-order valence-electron chi connectivity index (χ1n) is 13.2. The van der Waals surface area contributed by atoms with Crippen LogP contribution in [0.3, 0.4) is 0 Å². The van der Waals surface area contributed by atoms with Crippen LogP contribution in [0.2, 0.25) is 0 Å². The van der Waals surface area contributed by atoms with Crippen molar-refractivity contribution in [1.29, 1.82) is 0 Å². The molecular formula is C25H35N9O4. The summed E-state index contributed by atoms with van der Waals surface area (Å²) >= 11 is 0. The van der Waals surface area contributed by atoms with Gasteiger partial charge in [0, 0.05) is 51.9 Å². The number of nitrogens with two attached hydrogens (primary N) is 1. The van der Waals surface area contributed by atoms with Crippen LogP contribution in [0, 0.1) is 0 Å². The molecule has 1 saturated carbocycles. The fraction of sp³-hybridized carbons (Fsp3) is 0.560. The van der Waals surface area contributed by atoms with Crippen LogP contribution in [0.15, 0.2) is 29.8 Å². The van der Waals surface area contributed by atoms with Crippen LogP contribution in [0.1, 0.15) is 24.8 Å². The van der Waals surface area contributed by atoms with Crippen LogP contribution in [0.25, 0.3) is 0 Å². The quantitative estimate of drug-likeness (QED) is 0.280. The minimum absolute atomic E-state index is 0.170. The number of ether oxygens (including phenoxy) is 2. The van der Waals surface area contributed by atoms with Crippen LogP contribution in [0.5, 0.6) is 5.88 Å². The minimum Gasteiger partial charge on any atom is -0.474 e. The van der Waals surface area contributed by atoms with Crippen LogP contribution in [-0.2, 0) is 9.57 Å². The van der Waals surface area contributed by atoms with Gasteiger partial charge in [-0.25, -0.2) is 19.7 Å². The highest BCUT2D eigenvalue weighted by Crippen LogP contribution is 2.25. The predicted molar refractivity (Wildman–Crippen MR) is 143 cm³/mol. The lowest BCUT2D eigenvalue weighted by Gasteiger charge is -2.35. The molecule has 13 heteroatoms. The van der Waals surface area contributed by atoms with E-state index >= 15 is 0 Å². The molecule has 3 aliphatic rings. The number of amides is 2. The molecule has 2 aromatic heterocycles. The number of aromatic nitrogens is 3. The second-order valence-electron chi connectivity index (χ2n) is 9.48. The molecular weight excluding hydrogens is 490 g/mol. The zero-order chi connectivity index (χ0) is 26.2. The van der Waals surface area contributed by atoms with Crippen LogP contribution in [-0.4, -0.2) is 109 Å². The zero-order valence-corrected chi connectivity index (χ0v) is 21.5. The lowest BCUT2D eigenvalue weighted by atomic mass is 9.96. The number of pyridine rings is 1. The van der Waals surface area contributed by atoms with E-state index < -0.39 is 0 Å². The normalized spacial score (nSPS) is 18.8. The van der Waals surface area contributed by atoms with Crippen molar-refractivity contribution >= 4 is 29.6 Å². The van der Waals surface area contributed by atoms with Gasteiger partial charge in [-0.15, -0.1) is 0 Å². The summed E-state index contributed by atoms with van der Waals surface area (Å²) < 4.78 is 11.1. The number of hydrogen-bond donors (Lipinski definition) is 2. The number of nitrogen functional groups attached to an aromatic ring is 1. The summed E-state index contributed by atoms with van der Waals surface area (Å²) in [5.74, 6) is 1.59. The highest BCUT2D eigenvalue weighted by molar-refractivity contribution is 5.92. The van der Waals surface area contributed by atoms with Gasteiger partial charge in [-0.1, -0.05) is 5.16 Å². The van der Waals surface area contributed by atoms with E-state index in [0.717, 1.165) is 45.7 Å². The molecule has 204 valence electrons. The monoisotopic (exact) mass is 525 g/mol. The van der Waals surface area contributed by atoms with E-state index in [2.05, 4.69) is 35.2 Å². The predicted octanol–water partition coefficient (Wildman–Crippen LogP) is 1.42. The molecule has 2 aromatic rings. The number of anilines is 3. The van der Waals surface area contributed by atoms with Crippen molar-refractivity contribution in [3.63, 3.8) is 0 Å². The molecule has 0 aromatic carbocycles. The third kappa shape index (κ3) is 6.78. The summed E-state index contributed by atoms with van der Waals surface area (Å²) in [6.45, 7) is 6.80. The topological polar surface area (TPSA) is 144 Å². The first-order valence-corrected chi connectivity index (χ1v) is 13.2. The van der Waals surface area contributed by atoms with E-state index in [9.17, 15) is 4.79 Å². The average Bonchev–Trinajstić information content (AvgIpc) is 2.93. The maximum atomic E-state index is 12.8. The van der Waals surface area contributed by atoms with Crippen molar-refractivity contribution < 1.29 is 19.1 Å². The van der Waals surface area contributed by atoms with Crippen molar-refractivity contribution in [2.45, 2.75) is 25.4 Å². The molecule has 5 rings (SSSR count). The fourth-order valence-corrected chi connectivity index (χ4v) is 4.42. The average molecular weight is 526 g/mol. The van der Waals surface area contributed by atoms with Crippen LogP contribution < -0.4 is 20.7 Å². The Kier molecular flexibility index (Phi) is 8.66. The molecule has 38 heavy (non-hydrogen) atoms. The molecule has 0 bridgehead atoms. The Bertz CT molecular complexity index is 1080. The molecule has 4 heterocycles. The number of morpholine rings is 1. The van der Waals surface area contributed by atoms with Crippen molar-refractivity contribution in [3.05, 3.63) is 30.2 Å². The number of carbonyl (C=O) groups is 1. The van der Waals surface area contributed by atoms with E-state index in [-0.39, 0.29) is 12.1 Å². The summed E-state index contributed by atoms with van der Waals surface area (Å²) in [4.78, 5) is 37.2. The molecule has 0 radical (unpaired) electrons. The van der Waals surface area contributed by atoms with Gasteiger partial charge >= 0.3 is 6.03 Å². The van der Waals surface area contributed by atoms with E-state index in [4.69, 9.17) is 20.0 Å². The fourth-order valence-electron chi connectivity index (χ4n) is 4.42. The van der Waals surface area contributed by atoms with E-state index in [1.54, 1.807) is 23.4 Å². The van der Waals surface area contributed by atoms with Crippen molar-refractivity contribution in [2.24, 2.45) is 5.16 Å². The van der Waals surface area contributed by atoms with Gasteiger partial charge in [0.1, 0.15) is 30.7 Å². The Balaban J connectivity index is 1.10. The molecule has 3 N–H and O–H groups in total. The Morgan fingerprint density at radius 2 is 1.95 bits per heavy atom. The largest absolute Gasteiger partial charge is 0.474 e. The summed E-state index contributed by atoms with van der Waals surface area (Å²) in [7, 11) is 0. The Hall–Kier alpha value is -3.71. The number of piperazine rings is 1. The number of rotatable bonds is 9. The van der Waals surface area contributed by atoms with Gasteiger partial charge in [0.2, 0.25) is 5.88 Å². The molecule has 2 saturated heterocycles. The Labute approximate surface area is 221 Å². The number of hydrogen-bond acceptors (Lipinski definition) is 11. The molecule has 2 aliphatic heterocycles. The Morgan fingerprint density at radius 3 is 2.66 bits per heavy atom. The Morgan fingerprint density at radius 1 is 1.13 bits per heavy atom. The second-order valence-corrected chi connectivity index (χ2v) is 9.48. The summed E-state index contributed by atoms with van der Waals surface area (Å²) in [6.07, 6.45) is 8.25. The number of nitrogens with one attached hydrogen (secondary N) is 1. The minimum atomic E-state index is -0.170. The highest BCUT2D eigenvalue weighted by atomic mass is 16.6. The lowest BCUT2D eigenvalue weighted by molar-refractivity contribution is 0.0214. The number of urea groups is 1. The highest BCUT2D eigenvalue weighted by Gasteiger charge is 2.25. The summed E-state index contributed by atoms with van der Waals surface area (Å²) in [5, 5.41) is 7.02. The van der Waals surface area contributed by atoms with E-state index in [0.29, 0.717) is 61.6 Å². The van der Waals surface area contributed by atoms with Gasteiger partial charge in [0.15, 0.2) is 0 Å². The van der Waals surface area contributed by atoms with Gasteiger partial charge in [-0.3, -0.25) is 4.90 Å². The van der Waals surface area contributed by atoms with Crippen LogP contribution in [0.4, 0.5) is 22.1 Å². The first kappa shape index (κ1) is 25.9. The van der Waals surface area contributed by atoms with Gasteiger partial charge in [-0.05, 0) is 25.3 Å². The molecule has 13 nitrogen and oxygen atoms in total. The van der Waals surface area contributed by atoms with E-state index in [1.807, 2.05) is 6.07 Å². The molecule has 2 amide bonds. The van der Waals surface area contributed by atoms with Gasteiger partial charge < -0.3 is 35.2 Å². The smallest absolute Gasteiger partial charge is 0.322 e. The molecule has 0 unspecified atom stereocenters. The number of oxime groups is 1. The van der Waals surface area contributed by atoms with Crippen molar-refractivity contribution in [1.82, 2.24) is 24.8 Å². The van der Waals surface area contributed by atoms with Gasteiger partial charge in [0.25, 0.3) is 0 Å². The standard InChI is InChI=1S/C25H35N9O4/c26-23-21(17-30-37-15-12-32-10-13-36-14-11-32)24(29-18-28-23)33-6-8-34(9-7-33)25(35)31-19-4-5-22(27-16-19)38-20-2-1-3-20/h4-5,16-18,20H,1-3,6-15H2,(H,31,35)(H2,26,28,29)/b30-17+. The summed E-state index contributed by atoms with van der Waals surface area (Å²) in [5.41, 5.74) is 7.37. The third-order valence-corrected chi connectivity index (χ3v) is 6.95. The van der Waals surface area contributed by atoms with E-state index in [1.165, 1.54) is 12.7 Å². The maximum Gasteiger partial charge on any atom is 0.322 e. The van der Waals surface area contributed by atoms with Crippen molar-refractivity contribution in [2.75, 3.05) is 81.6 Å². The second kappa shape index (κ2) is 12.7. The maximum absolute atomic E-state index is 12.8. The lowest BCUT2D eigenvalue weighted by Crippen LogP contribution is -2.50. The van der Waals surface area contributed by atoms with Gasteiger partial charge in [-0.2, -0.15) is 0 Å². The van der Waals surface area contributed by atoms with Crippen molar-refractivity contribution in [3.8, 4) is 5.88 Å². The number of nitrogens with zero attached hydrogens (tertiary/aromatic N) is 7. The third-order valence-electron chi connectivity index (χ3n) is 6.95. The van der Waals surface area contributed by atoms with Gasteiger partial charge in [0.05, 0.1) is 36.9 Å². The zero-order valence-electron chi connectivity index (χ0n) is 21.5. The molecule has 3 fully saturated rings. The number of carbonyl (C=O) groups excluding carboxylic acids is 1. The SMILES string of the molecule is Nc1ncnc(N2CCN(C(=O)Nc3ccc(OC4CCC4)nc3)CC2)c1/C=N/OCCN1CCOCC1. The summed E-state index contributed by atoms with van der Waals surface area (Å²) in [6, 6.07) is 3.44. The molecule has 1 aliphatic carbocycles. The molecule has 0 atom stereocenters.